The van der Waals surface area contributed by atoms with E-state index in [0.717, 1.165) is 17.7 Å². The second kappa shape index (κ2) is 9.55. The Labute approximate surface area is 211 Å². The number of halogens is 3. The lowest BCUT2D eigenvalue weighted by molar-refractivity contribution is -0.161. The average molecular weight is 513 g/mol. The van der Waals surface area contributed by atoms with Gasteiger partial charge in [0.25, 0.3) is 5.56 Å². The van der Waals surface area contributed by atoms with Crippen LogP contribution in [-0.2, 0) is 23.1 Å². The number of rotatable bonds is 6. The third kappa shape index (κ3) is 5.04. The van der Waals surface area contributed by atoms with Crippen molar-refractivity contribution in [2.24, 2.45) is 7.05 Å². The van der Waals surface area contributed by atoms with Gasteiger partial charge in [0, 0.05) is 30.7 Å². The predicted molar refractivity (Wildman–Crippen MR) is 134 cm³/mol. The third-order valence-corrected chi connectivity index (χ3v) is 6.04. The molecule has 0 saturated carbocycles. The van der Waals surface area contributed by atoms with Gasteiger partial charge in [-0.25, -0.2) is 18.0 Å². The van der Waals surface area contributed by atoms with Crippen LogP contribution >= 0.6 is 0 Å². The third-order valence-electron chi connectivity index (χ3n) is 6.04. The molecule has 2 aromatic heterocycles. The summed E-state index contributed by atoms with van der Waals surface area (Å²) in [5.74, 6) is -5.48. The minimum atomic E-state index is -1.57. The van der Waals surface area contributed by atoms with Gasteiger partial charge in [-0.05, 0) is 57.0 Å². The number of benzene rings is 2. The Hall–Kier alpha value is -3.85. The SMILES string of the molecule is Cc1ccc(-c2c(C(OC(C)(C)C)C(=O)O)n(C)c(=O)c3c2ccn3Cc2cc(F)c(F)c(F)c2)cc1. The van der Waals surface area contributed by atoms with Gasteiger partial charge in [0.05, 0.1) is 11.3 Å². The van der Waals surface area contributed by atoms with E-state index in [1.807, 2.05) is 31.2 Å². The van der Waals surface area contributed by atoms with Gasteiger partial charge in [0.15, 0.2) is 23.6 Å². The van der Waals surface area contributed by atoms with Crippen molar-refractivity contribution in [2.75, 3.05) is 0 Å². The van der Waals surface area contributed by atoms with Crippen molar-refractivity contribution in [2.45, 2.75) is 45.9 Å². The van der Waals surface area contributed by atoms with Crippen LogP contribution in [0.5, 0.6) is 0 Å². The first-order valence-corrected chi connectivity index (χ1v) is 11.6. The second-order valence-corrected chi connectivity index (χ2v) is 10.0. The van der Waals surface area contributed by atoms with Crippen LogP contribution < -0.4 is 5.56 Å². The minimum absolute atomic E-state index is 0.111. The second-order valence-electron chi connectivity index (χ2n) is 10.0. The average Bonchev–Trinajstić information content (AvgIpc) is 3.21. The number of nitrogens with zero attached hydrogens (tertiary/aromatic N) is 2. The highest BCUT2D eigenvalue weighted by molar-refractivity contribution is 5.98. The van der Waals surface area contributed by atoms with Crippen LogP contribution in [0.3, 0.4) is 0 Å². The molecule has 1 N–H and O–H groups in total. The van der Waals surface area contributed by atoms with Gasteiger partial charge in [-0.2, -0.15) is 0 Å². The van der Waals surface area contributed by atoms with Gasteiger partial charge in [0.1, 0.15) is 5.52 Å². The first-order valence-electron chi connectivity index (χ1n) is 11.6. The van der Waals surface area contributed by atoms with Crippen LogP contribution in [-0.4, -0.2) is 25.8 Å². The van der Waals surface area contributed by atoms with E-state index >= 15 is 0 Å². The van der Waals surface area contributed by atoms with Crippen molar-refractivity contribution in [1.82, 2.24) is 9.13 Å². The minimum Gasteiger partial charge on any atom is -0.479 e. The van der Waals surface area contributed by atoms with Gasteiger partial charge >= 0.3 is 5.97 Å². The molecule has 0 radical (unpaired) electrons. The van der Waals surface area contributed by atoms with E-state index in [0.29, 0.717) is 16.5 Å². The quantitative estimate of drug-likeness (QED) is 0.335. The molecule has 6 nitrogen and oxygen atoms in total. The lowest BCUT2D eigenvalue weighted by Gasteiger charge is -2.28. The lowest BCUT2D eigenvalue weighted by atomic mass is 9.95. The highest BCUT2D eigenvalue weighted by atomic mass is 19.2. The molecular weight excluding hydrogens is 485 g/mol. The molecule has 9 heteroatoms. The molecule has 1 atom stereocenters. The number of aromatic nitrogens is 2. The largest absolute Gasteiger partial charge is 0.479 e. The van der Waals surface area contributed by atoms with Crippen molar-refractivity contribution in [3.63, 3.8) is 0 Å². The van der Waals surface area contributed by atoms with Crippen molar-refractivity contribution in [3.05, 3.63) is 93.3 Å². The van der Waals surface area contributed by atoms with Gasteiger partial charge in [-0.3, -0.25) is 4.79 Å². The fourth-order valence-electron chi connectivity index (χ4n) is 4.42. The maximum atomic E-state index is 13.8. The fraction of sp³-hybridized carbons (Fsp3) is 0.286. The molecule has 194 valence electrons. The molecule has 37 heavy (non-hydrogen) atoms. The standard InChI is InChI=1S/C28H27F3N2O4/c1-15-6-8-17(9-7-15)21-18-10-11-33(14-16-12-19(29)22(31)20(30)13-16)23(18)26(34)32(5)24(21)25(27(35)36)37-28(2,3)4/h6-13,25H,14H2,1-5H3,(H,35,36). The number of carbonyl (C=O) groups is 1. The topological polar surface area (TPSA) is 73.5 Å². The summed E-state index contributed by atoms with van der Waals surface area (Å²) in [5.41, 5.74) is 1.29. The molecular formula is C28H27F3N2O4. The smallest absolute Gasteiger partial charge is 0.339 e. The summed E-state index contributed by atoms with van der Waals surface area (Å²) >= 11 is 0. The Bertz CT molecular complexity index is 1540. The number of fused-ring (bicyclic) bond motifs is 1. The van der Waals surface area contributed by atoms with Crippen LogP contribution in [0.25, 0.3) is 22.0 Å². The molecule has 0 aliphatic rings. The molecule has 0 aliphatic carbocycles. The Kier molecular flexibility index (Phi) is 6.77. The van der Waals surface area contributed by atoms with E-state index in [1.54, 1.807) is 33.0 Å². The zero-order valence-corrected chi connectivity index (χ0v) is 21.1. The number of hydrogen-bond acceptors (Lipinski definition) is 3. The predicted octanol–water partition coefficient (Wildman–Crippen LogP) is 5.72. The molecule has 2 heterocycles. The molecule has 0 spiro atoms. The summed E-state index contributed by atoms with van der Waals surface area (Å²) in [4.78, 5) is 26.0. The number of hydrogen-bond donors (Lipinski definition) is 1. The van der Waals surface area contributed by atoms with Crippen molar-refractivity contribution < 1.29 is 27.8 Å². The van der Waals surface area contributed by atoms with Crippen molar-refractivity contribution >= 4 is 16.9 Å². The molecule has 1 unspecified atom stereocenters. The van der Waals surface area contributed by atoms with Gasteiger partial charge in [-0.15, -0.1) is 0 Å². The van der Waals surface area contributed by atoms with E-state index in [9.17, 15) is 27.9 Å². The van der Waals surface area contributed by atoms with E-state index in [-0.39, 0.29) is 23.3 Å². The van der Waals surface area contributed by atoms with Crippen LogP contribution in [0.1, 0.15) is 43.7 Å². The summed E-state index contributed by atoms with van der Waals surface area (Å²) in [5, 5.41) is 10.6. The molecule has 0 bridgehead atoms. The van der Waals surface area contributed by atoms with Crippen LogP contribution in [0, 0.1) is 24.4 Å². The van der Waals surface area contributed by atoms with Gasteiger partial charge in [-0.1, -0.05) is 29.8 Å². The zero-order valence-electron chi connectivity index (χ0n) is 21.1. The highest BCUT2D eigenvalue weighted by Gasteiger charge is 2.33. The Morgan fingerprint density at radius 1 is 1.05 bits per heavy atom. The number of ether oxygens (including phenoxy) is 1. The number of aliphatic carboxylic acids is 1. The maximum Gasteiger partial charge on any atom is 0.339 e. The van der Waals surface area contributed by atoms with E-state index in [1.165, 1.54) is 16.2 Å². The first-order chi connectivity index (χ1) is 17.3. The summed E-state index contributed by atoms with van der Waals surface area (Å²) in [6.45, 7) is 6.98. The maximum absolute atomic E-state index is 13.8. The molecule has 2 aromatic carbocycles. The molecule has 4 aromatic rings. The lowest BCUT2D eigenvalue weighted by Crippen LogP contribution is -2.33. The number of pyridine rings is 1. The summed E-state index contributed by atoms with van der Waals surface area (Å²) in [7, 11) is 1.46. The van der Waals surface area contributed by atoms with Gasteiger partial charge < -0.3 is 19.0 Å². The number of carboxylic acids is 1. The fourth-order valence-corrected chi connectivity index (χ4v) is 4.42. The van der Waals surface area contributed by atoms with Crippen LogP contribution in [0.4, 0.5) is 13.2 Å². The summed E-state index contributed by atoms with van der Waals surface area (Å²) < 4.78 is 49.8. The Balaban J connectivity index is 2.02. The number of carboxylic acid groups (broad SMARTS) is 1. The van der Waals surface area contributed by atoms with Gasteiger partial charge in [0.2, 0.25) is 0 Å². The normalized spacial score (nSPS) is 12.8. The molecule has 4 rings (SSSR count). The Morgan fingerprint density at radius 3 is 2.19 bits per heavy atom. The summed E-state index contributed by atoms with van der Waals surface area (Å²) in [6, 6.07) is 10.8. The monoisotopic (exact) mass is 512 g/mol. The van der Waals surface area contributed by atoms with Crippen molar-refractivity contribution in [1.29, 1.82) is 0 Å². The summed E-state index contributed by atoms with van der Waals surface area (Å²) in [6.07, 6.45) is 0.120. The van der Waals surface area contributed by atoms with Crippen LogP contribution in [0.2, 0.25) is 0 Å². The Morgan fingerprint density at radius 2 is 1.65 bits per heavy atom. The van der Waals surface area contributed by atoms with E-state index in [2.05, 4.69) is 0 Å². The van der Waals surface area contributed by atoms with E-state index in [4.69, 9.17) is 4.74 Å². The molecule has 0 fully saturated rings. The number of aryl methyl sites for hydroxylation is 1. The van der Waals surface area contributed by atoms with Crippen molar-refractivity contribution in [3.8, 4) is 11.1 Å². The molecule has 0 amide bonds. The zero-order chi connectivity index (χ0) is 27.2. The van der Waals surface area contributed by atoms with Crippen LogP contribution in [0.15, 0.2) is 53.5 Å². The molecule has 0 aliphatic heterocycles. The highest BCUT2D eigenvalue weighted by Crippen LogP contribution is 2.37. The van der Waals surface area contributed by atoms with E-state index < -0.39 is 40.7 Å². The first kappa shape index (κ1) is 26.2. The molecule has 0 saturated heterocycles.